The Morgan fingerprint density at radius 3 is 2.86 bits per heavy atom. The fourth-order valence-electron chi connectivity index (χ4n) is 2.07. The average Bonchev–Trinajstić information content (AvgIpc) is 2.93. The van der Waals surface area contributed by atoms with Crippen LogP contribution in [0.5, 0.6) is 5.75 Å². The molecule has 2 aromatic rings. The van der Waals surface area contributed by atoms with Crippen LogP contribution in [-0.4, -0.2) is 12.6 Å². The first-order valence-corrected chi connectivity index (χ1v) is 7.82. The highest BCUT2D eigenvalue weighted by molar-refractivity contribution is 7.14. The summed E-state index contributed by atoms with van der Waals surface area (Å²) in [4.78, 5) is 12.0. The van der Waals surface area contributed by atoms with Gasteiger partial charge in [0, 0.05) is 5.56 Å². The number of carbonyl (C=O) groups excluding carboxylic acids is 1. The average molecular weight is 304 g/mol. The van der Waals surface area contributed by atoms with Gasteiger partial charge in [0.25, 0.3) is 0 Å². The van der Waals surface area contributed by atoms with Crippen LogP contribution < -0.4 is 15.4 Å². The van der Waals surface area contributed by atoms with Gasteiger partial charge >= 0.3 is 6.03 Å². The van der Waals surface area contributed by atoms with Crippen LogP contribution in [0.4, 0.5) is 9.80 Å². The van der Waals surface area contributed by atoms with Gasteiger partial charge < -0.3 is 10.1 Å². The molecule has 0 aliphatic carbocycles. The van der Waals surface area contributed by atoms with E-state index in [4.69, 9.17) is 4.74 Å². The van der Waals surface area contributed by atoms with Crippen molar-refractivity contribution in [2.75, 3.05) is 11.9 Å². The molecule has 1 aromatic carbocycles. The number of carbonyl (C=O) groups is 1. The number of anilines is 1. The Kier molecular flexibility index (Phi) is 5.22. The fraction of sp³-hybridized carbons (Fsp3) is 0.312. The summed E-state index contributed by atoms with van der Waals surface area (Å²) in [6, 6.07) is 9.42. The molecule has 0 radical (unpaired) electrons. The molecular weight excluding hydrogens is 284 g/mol. The topological polar surface area (TPSA) is 50.4 Å². The van der Waals surface area contributed by atoms with Gasteiger partial charge in [0.2, 0.25) is 0 Å². The lowest BCUT2D eigenvalue weighted by atomic mass is 10.0. The SMILES string of the molecule is CCOc1ccc(C)cc1C(C)NC(=O)Nc1cccs1. The quantitative estimate of drug-likeness (QED) is 0.863. The lowest BCUT2D eigenvalue weighted by Gasteiger charge is -2.18. The lowest BCUT2D eigenvalue weighted by Crippen LogP contribution is -2.31. The van der Waals surface area contributed by atoms with Crippen molar-refractivity contribution in [1.82, 2.24) is 5.32 Å². The predicted octanol–water partition coefficient (Wildman–Crippen LogP) is 4.34. The molecule has 0 aliphatic heterocycles. The number of hydrogen-bond acceptors (Lipinski definition) is 3. The zero-order valence-electron chi connectivity index (χ0n) is 12.5. The zero-order chi connectivity index (χ0) is 15.2. The van der Waals surface area contributed by atoms with Crippen LogP contribution in [0.25, 0.3) is 0 Å². The molecule has 1 atom stereocenters. The molecule has 1 aromatic heterocycles. The Bertz CT molecular complexity index is 596. The van der Waals surface area contributed by atoms with Gasteiger partial charge in [0.15, 0.2) is 0 Å². The van der Waals surface area contributed by atoms with Crippen molar-refractivity contribution in [3.05, 3.63) is 46.8 Å². The largest absolute Gasteiger partial charge is 0.494 e. The second kappa shape index (κ2) is 7.13. The Labute approximate surface area is 129 Å². The predicted molar refractivity (Wildman–Crippen MR) is 87.2 cm³/mol. The van der Waals surface area contributed by atoms with Gasteiger partial charge in [-0.15, -0.1) is 11.3 Å². The number of aryl methyl sites for hydroxylation is 1. The maximum atomic E-state index is 12.0. The van der Waals surface area contributed by atoms with Crippen molar-refractivity contribution in [3.8, 4) is 5.75 Å². The summed E-state index contributed by atoms with van der Waals surface area (Å²) in [6.07, 6.45) is 0. The minimum Gasteiger partial charge on any atom is -0.494 e. The van der Waals surface area contributed by atoms with Gasteiger partial charge in [-0.05, 0) is 44.4 Å². The van der Waals surface area contributed by atoms with Crippen LogP contribution in [0.1, 0.15) is 31.0 Å². The molecule has 2 N–H and O–H groups in total. The van der Waals surface area contributed by atoms with E-state index in [9.17, 15) is 4.79 Å². The van der Waals surface area contributed by atoms with E-state index < -0.39 is 0 Å². The fourth-order valence-corrected chi connectivity index (χ4v) is 2.68. The van der Waals surface area contributed by atoms with Gasteiger partial charge in [0.05, 0.1) is 17.6 Å². The third kappa shape index (κ3) is 4.23. The van der Waals surface area contributed by atoms with Crippen molar-refractivity contribution in [3.63, 3.8) is 0 Å². The molecule has 1 heterocycles. The lowest BCUT2D eigenvalue weighted by molar-refractivity contribution is 0.249. The molecule has 2 amide bonds. The zero-order valence-corrected chi connectivity index (χ0v) is 13.3. The standard InChI is InChI=1S/C16H20N2O2S/c1-4-20-14-8-7-11(2)10-13(14)12(3)17-16(19)18-15-6-5-9-21-15/h5-10,12H,4H2,1-3H3,(H2,17,18,19). The molecule has 21 heavy (non-hydrogen) atoms. The number of amides is 2. The van der Waals surface area contributed by atoms with Crippen molar-refractivity contribution in [2.45, 2.75) is 26.8 Å². The first kappa shape index (κ1) is 15.4. The Balaban J connectivity index is 2.06. The third-order valence-corrected chi connectivity index (χ3v) is 3.82. The summed E-state index contributed by atoms with van der Waals surface area (Å²) < 4.78 is 5.63. The number of thiophene rings is 1. The van der Waals surface area contributed by atoms with E-state index in [1.807, 2.05) is 56.5 Å². The van der Waals surface area contributed by atoms with E-state index in [-0.39, 0.29) is 12.1 Å². The molecule has 0 saturated carbocycles. The first-order chi connectivity index (χ1) is 10.1. The number of ether oxygens (including phenoxy) is 1. The van der Waals surface area contributed by atoms with Crippen molar-refractivity contribution in [1.29, 1.82) is 0 Å². The first-order valence-electron chi connectivity index (χ1n) is 6.94. The van der Waals surface area contributed by atoms with Crippen LogP contribution >= 0.6 is 11.3 Å². The Morgan fingerprint density at radius 2 is 2.19 bits per heavy atom. The van der Waals surface area contributed by atoms with E-state index in [1.165, 1.54) is 11.3 Å². The monoisotopic (exact) mass is 304 g/mol. The highest BCUT2D eigenvalue weighted by atomic mass is 32.1. The highest BCUT2D eigenvalue weighted by Gasteiger charge is 2.14. The molecule has 4 nitrogen and oxygen atoms in total. The molecule has 0 aliphatic rings. The second-order valence-corrected chi connectivity index (χ2v) is 5.72. The van der Waals surface area contributed by atoms with Crippen molar-refractivity contribution in [2.24, 2.45) is 0 Å². The van der Waals surface area contributed by atoms with E-state index in [1.54, 1.807) is 0 Å². The molecule has 1 unspecified atom stereocenters. The summed E-state index contributed by atoms with van der Waals surface area (Å²) in [5.41, 5.74) is 2.12. The van der Waals surface area contributed by atoms with Crippen LogP contribution in [0.15, 0.2) is 35.7 Å². The van der Waals surface area contributed by atoms with Crippen molar-refractivity contribution < 1.29 is 9.53 Å². The van der Waals surface area contributed by atoms with Crippen molar-refractivity contribution >= 4 is 22.4 Å². The summed E-state index contributed by atoms with van der Waals surface area (Å²) in [5, 5.41) is 8.50. The maximum absolute atomic E-state index is 12.0. The van der Waals surface area contributed by atoms with Crippen LogP contribution in [0.3, 0.4) is 0 Å². The highest BCUT2D eigenvalue weighted by Crippen LogP contribution is 2.26. The molecule has 5 heteroatoms. The maximum Gasteiger partial charge on any atom is 0.320 e. The summed E-state index contributed by atoms with van der Waals surface area (Å²) in [7, 11) is 0. The van der Waals surface area contributed by atoms with Gasteiger partial charge in [0.1, 0.15) is 5.75 Å². The smallest absolute Gasteiger partial charge is 0.320 e. The van der Waals surface area contributed by atoms with Crippen LogP contribution in [0.2, 0.25) is 0 Å². The van der Waals surface area contributed by atoms with Crippen LogP contribution in [-0.2, 0) is 0 Å². The number of nitrogens with one attached hydrogen (secondary N) is 2. The number of hydrogen-bond donors (Lipinski definition) is 2. The van der Waals surface area contributed by atoms with E-state index >= 15 is 0 Å². The second-order valence-electron chi connectivity index (χ2n) is 4.77. The number of urea groups is 1. The van der Waals surface area contributed by atoms with Gasteiger partial charge in [-0.25, -0.2) is 4.79 Å². The van der Waals surface area contributed by atoms with E-state index in [0.717, 1.165) is 21.9 Å². The number of rotatable bonds is 5. The summed E-state index contributed by atoms with van der Waals surface area (Å²) >= 11 is 1.49. The minimum absolute atomic E-state index is 0.133. The normalized spacial score (nSPS) is 11.8. The minimum atomic E-state index is -0.214. The molecule has 0 spiro atoms. The Morgan fingerprint density at radius 1 is 1.38 bits per heavy atom. The third-order valence-electron chi connectivity index (χ3n) is 3.04. The molecule has 0 fully saturated rings. The van der Waals surface area contributed by atoms with Gasteiger partial charge in [-0.2, -0.15) is 0 Å². The summed E-state index contributed by atoms with van der Waals surface area (Å²) in [6.45, 7) is 6.53. The van der Waals surface area contributed by atoms with E-state index in [0.29, 0.717) is 6.61 Å². The molecule has 2 rings (SSSR count). The molecule has 0 saturated heterocycles. The van der Waals surface area contributed by atoms with Gasteiger partial charge in [-0.1, -0.05) is 17.7 Å². The molecule has 0 bridgehead atoms. The molecule has 112 valence electrons. The molecular formula is C16H20N2O2S. The van der Waals surface area contributed by atoms with Gasteiger partial charge in [-0.3, -0.25) is 5.32 Å². The number of benzene rings is 1. The Hall–Kier alpha value is -2.01. The van der Waals surface area contributed by atoms with E-state index in [2.05, 4.69) is 10.6 Å². The summed E-state index contributed by atoms with van der Waals surface area (Å²) in [5.74, 6) is 0.812. The van der Waals surface area contributed by atoms with Crippen LogP contribution in [0, 0.1) is 6.92 Å².